The fourth-order valence-electron chi connectivity index (χ4n) is 4.04. The lowest BCUT2D eigenvalue weighted by Gasteiger charge is -2.25. The molecule has 0 saturated heterocycles. The number of ether oxygens (including phenoxy) is 2. The smallest absolute Gasteiger partial charge is 0.338 e. The van der Waals surface area contributed by atoms with Gasteiger partial charge in [0.25, 0.3) is 5.56 Å². The summed E-state index contributed by atoms with van der Waals surface area (Å²) in [5.74, 6) is 1.71. The highest BCUT2D eigenvalue weighted by Gasteiger charge is 2.33. The van der Waals surface area contributed by atoms with Gasteiger partial charge in [0.05, 0.1) is 38.4 Å². The SMILES string of the molecule is C#CCOc1c(Br)cc(/C=c2/sc3n(c2=O)[C@H](c2ccccc2)C(C(=O)OC)=C(CC)N=3)cc1[N+](=O)[O-]. The lowest BCUT2D eigenvalue weighted by atomic mass is 9.95. The van der Waals surface area contributed by atoms with Crippen LogP contribution in [0.4, 0.5) is 5.69 Å². The highest BCUT2D eigenvalue weighted by Crippen LogP contribution is 2.37. The minimum absolute atomic E-state index is 0.000875. The maximum atomic E-state index is 13.7. The van der Waals surface area contributed by atoms with E-state index in [1.165, 1.54) is 17.7 Å². The summed E-state index contributed by atoms with van der Waals surface area (Å²) >= 11 is 4.43. The molecule has 0 saturated carbocycles. The summed E-state index contributed by atoms with van der Waals surface area (Å²) in [7, 11) is 1.29. The van der Waals surface area contributed by atoms with Gasteiger partial charge in [0, 0.05) is 6.07 Å². The monoisotopic (exact) mass is 581 g/mol. The summed E-state index contributed by atoms with van der Waals surface area (Å²) in [6.45, 7) is 1.73. The number of hydrogen-bond donors (Lipinski definition) is 0. The van der Waals surface area contributed by atoms with Gasteiger partial charge in [-0.1, -0.05) is 54.5 Å². The number of hydrogen-bond acceptors (Lipinski definition) is 8. The van der Waals surface area contributed by atoms with E-state index in [1.807, 2.05) is 37.3 Å². The Kier molecular flexibility index (Phi) is 7.71. The van der Waals surface area contributed by atoms with E-state index >= 15 is 0 Å². The fourth-order valence-corrected chi connectivity index (χ4v) is 5.64. The van der Waals surface area contributed by atoms with Gasteiger partial charge in [-0.25, -0.2) is 9.79 Å². The number of allylic oxidation sites excluding steroid dienone is 1. The van der Waals surface area contributed by atoms with Crippen molar-refractivity contribution in [3.63, 3.8) is 0 Å². The van der Waals surface area contributed by atoms with Crippen molar-refractivity contribution in [2.24, 2.45) is 4.99 Å². The fraction of sp³-hybridized carbons (Fsp3) is 0.192. The molecule has 0 bridgehead atoms. The summed E-state index contributed by atoms with van der Waals surface area (Å²) < 4.78 is 12.5. The second-order valence-corrected chi connectivity index (χ2v) is 9.66. The van der Waals surface area contributed by atoms with Gasteiger partial charge in [-0.05, 0) is 45.6 Å². The number of nitro groups is 1. The van der Waals surface area contributed by atoms with Crippen LogP contribution in [-0.2, 0) is 9.53 Å². The normalized spacial score (nSPS) is 15.0. The Labute approximate surface area is 223 Å². The van der Waals surface area contributed by atoms with Crippen LogP contribution in [0, 0.1) is 22.5 Å². The van der Waals surface area contributed by atoms with Crippen LogP contribution in [0.2, 0.25) is 0 Å². The topological polar surface area (TPSA) is 113 Å². The molecule has 9 nitrogen and oxygen atoms in total. The molecule has 0 radical (unpaired) electrons. The third-order valence-electron chi connectivity index (χ3n) is 5.61. The Morgan fingerprint density at radius 2 is 2.08 bits per heavy atom. The molecule has 1 atom stereocenters. The first-order valence-corrected chi connectivity index (χ1v) is 12.6. The quantitative estimate of drug-likeness (QED) is 0.183. The molecule has 0 unspecified atom stereocenters. The number of rotatable bonds is 7. The first-order valence-electron chi connectivity index (χ1n) is 11.0. The molecular formula is C26H20BrN3O6S. The number of carbonyl (C=O) groups is 1. The van der Waals surface area contributed by atoms with Crippen molar-refractivity contribution >= 4 is 45.0 Å². The second kappa shape index (κ2) is 10.9. The number of carbonyl (C=O) groups excluding carboxylic acids is 1. The number of benzene rings is 2. The third-order valence-corrected chi connectivity index (χ3v) is 7.18. The van der Waals surface area contributed by atoms with E-state index in [0.29, 0.717) is 37.1 Å². The summed E-state index contributed by atoms with van der Waals surface area (Å²) in [5, 5.41) is 11.7. The Hall–Kier alpha value is -4.01. The van der Waals surface area contributed by atoms with Gasteiger partial charge >= 0.3 is 11.7 Å². The van der Waals surface area contributed by atoms with Crippen LogP contribution in [0.1, 0.15) is 30.5 Å². The molecule has 1 aliphatic rings. The van der Waals surface area contributed by atoms with Crippen LogP contribution in [0.25, 0.3) is 6.08 Å². The molecule has 188 valence electrons. The molecule has 0 amide bonds. The van der Waals surface area contributed by atoms with Crippen molar-refractivity contribution in [3.05, 3.63) is 99.1 Å². The van der Waals surface area contributed by atoms with Crippen LogP contribution >= 0.6 is 27.3 Å². The molecule has 3 aromatic rings. The molecule has 2 aromatic carbocycles. The summed E-state index contributed by atoms with van der Waals surface area (Å²) in [6.07, 6.45) is 7.22. The van der Waals surface area contributed by atoms with Crippen LogP contribution < -0.4 is 19.6 Å². The van der Waals surface area contributed by atoms with Crippen molar-refractivity contribution in [3.8, 4) is 18.1 Å². The molecule has 0 aliphatic carbocycles. The van der Waals surface area contributed by atoms with Crippen molar-refractivity contribution in [1.29, 1.82) is 0 Å². The minimum Gasteiger partial charge on any atom is -0.473 e. The highest BCUT2D eigenvalue weighted by atomic mass is 79.9. The van der Waals surface area contributed by atoms with E-state index in [0.717, 1.165) is 16.9 Å². The van der Waals surface area contributed by atoms with Crippen molar-refractivity contribution in [2.45, 2.75) is 19.4 Å². The zero-order valence-corrected chi connectivity index (χ0v) is 22.2. The van der Waals surface area contributed by atoms with Gasteiger partial charge < -0.3 is 9.47 Å². The van der Waals surface area contributed by atoms with E-state index in [9.17, 15) is 19.7 Å². The Morgan fingerprint density at radius 1 is 1.35 bits per heavy atom. The zero-order chi connectivity index (χ0) is 26.7. The van der Waals surface area contributed by atoms with Crippen LogP contribution in [0.3, 0.4) is 0 Å². The zero-order valence-electron chi connectivity index (χ0n) is 19.8. The molecule has 0 spiro atoms. The van der Waals surface area contributed by atoms with Gasteiger partial charge in [-0.2, -0.15) is 0 Å². The van der Waals surface area contributed by atoms with Crippen molar-refractivity contribution < 1.29 is 19.2 Å². The van der Waals surface area contributed by atoms with Gasteiger partial charge in [-0.3, -0.25) is 19.5 Å². The number of methoxy groups -OCH3 is 1. The largest absolute Gasteiger partial charge is 0.473 e. The average molecular weight is 582 g/mol. The standard InChI is InChI=1S/C26H20BrN3O6S/c1-4-11-36-23-17(27)12-15(13-19(23)30(33)34)14-20-24(31)29-22(16-9-7-6-8-10-16)21(25(32)35-3)18(5-2)28-26(29)37-20/h1,6-10,12-14,22H,5,11H2,2-3H3/b20-14+/t22-/m1/s1. The third kappa shape index (κ3) is 4.98. The maximum Gasteiger partial charge on any atom is 0.338 e. The molecule has 0 N–H and O–H groups in total. The van der Waals surface area contributed by atoms with E-state index in [1.54, 1.807) is 12.1 Å². The van der Waals surface area contributed by atoms with Gasteiger partial charge in [0.2, 0.25) is 5.75 Å². The van der Waals surface area contributed by atoms with Gasteiger partial charge in [-0.15, -0.1) is 6.42 Å². The average Bonchev–Trinajstić information content (AvgIpc) is 3.20. The van der Waals surface area contributed by atoms with E-state index < -0.39 is 16.9 Å². The van der Waals surface area contributed by atoms with E-state index in [4.69, 9.17) is 15.9 Å². The van der Waals surface area contributed by atoms with E-state index in [-0.39, 0.29) is 23.6 Å². The van der Waals surface area contributed by atoms with Crippen LogP contribution in [-0.4, -0.2) is 29.2 Å². The molecule has 2 heterocycles. The predicted molar refractivity (Wildman–Crippen MR) is 142 cm³/mol. The number of esters is 1. The number of nitrogens with zero attached hydrogens (tertiary/aromatic N) is 3. The number of halogens is 1. The molecule has 4 rings (SSSR count). The van der Waals surface area contributed by atoms with Crippen molar-refractivity contribution in [2.75, 3.05) is 13.7 Å². The number of terminal acetylenes is 1. The van der Waals surface area contributed by atoms with Crippen LogP contribution in [0.15, 0.2) is 68.0 Å². The molecule has 0 fully saturated rings. The minimum atomic E-state index is -0.734. The first kappa shape index (κ1) is 26.1. The van der Waals surface area contributed by atoms with E-state index in [2.05, 4.69) is 26.8 Å². The lowest BCUT2D eigenvalue weighted by molar-refractivity contribution is -0.385. The number of nitro benzene ring substituents is 1. The summed E-state index contributed by atoms with van der Waals surface area (Å²) in [5.41, 5.74) is 1.26. The van der Waals surface area contributed by atoms with Gasteiger partial charge in [0.1, 0.15) is 6.61 Å². The molecule has 11 heteroatoms. The molecule has 37 heavy (non-hydrogen) atoms. The second-order valence-electron chi connectivity index (χ2n) is 7.80. The van der Waals surface area contributed by atoms with Crippen LogP contribution in [0.5, 0.6) is 5.75 Å². The van der Waals surface area contributed by atoms with Gasteiger partial charge in [0.15, 0.2) is 4.80 Å². The Morgan fingerprint density at radius 3 is 2.70 bits per heavy atom. The number of aromatic nitrogens is 1. The number of thiazole rings is 1. The predicted octanol–water partition coefficient (Wildman–Crippen LogP) is 3.48. The Bertz CT molecular complexity index is 1650. The van der Waals surface area contributed by atoms with Crippen molar-refractivity contribution in [1.82, 2.24) is 4.57 Å². The molecule has 1 aliphatic heterocycles. The number of fused-ring (bicyclic) bond motifs is 1. The lowest BCUT2D eigenvalue weighted by Crippen LogP contribution is -2.40. The molecule has 1 aromatic heterocycles. The Balaban J connectivity index is 1.95. The summed E-state index contributed by atoms with van der Waals surface area (Å²) in [4.78, 5) is 42.6. The molecular weight excluding hydrogens is 562 g/mol. The summed E-state index contributed by atoms with van der Waals surface area (Å²) in [6, 6.07) is 11.3. The maximum absolute atomic E-state index is 13.7. The highest BCUT2D eigenvalue weighted by molar-refractivity contribution is 9.10. The first-order chi connectivity index (χ1) is 17.8.